The van der Waals surface area contributed by atoms with E-state index in [1.165, 1.54) is 11.1 Å². The molecule has 0 spiro atoms. The van der Waals surface area contributed by atoms with Crippen LogP contribution in [0.15, 0.2) is 24.4 Å². The lowest BCUT2D eigenvalue weighted by Crippen LogP contribution is -2.37. The molecule has 1 fully saturated rings. The second kappa shape index (κ2) is 8.26. The quantitative estimate of drug-likeness (QED) is 0.775. The van der Waals surface area contributed by atoms with Crippen molar-refractivity contribution in [3.8, 4) is 5.75 Å². The number of morpholine rings is 1. The Labute approximate surface area is 143 Å². The largest absolute Gasteiger partial charge is 0.492 e. The topological polar surface area (TPSA) is 52.4 Å². The summed E-state index contributed by atoms with van der Waals surface area (Å²) in [6.45, 7) is 10.2. The third-order valence-corrected chi connectivity index (χ3v) is 4.16. The van der Waals surface area contributed by atoms with Gasteiger partial charge in [0.1, 0.15) is 12.4 Å². The highest BCUT2D eigenvalue weighted by Crippen LogP contribution is 2.16. The Balaban J connectivity index is 1.42. The van der Waals surface area contributed by atoms with E-state index in [1.54, 1.807) is 0 Å². The molecule has 0 amide bonds. The first-order valence-electron chi connectivity index (χ1n) is 8.59. The summed E-state index contributed by atoms with van der Waals surface area (Å²) >= 11 is 0. The molecule has 130 valence electrons. The van der Waals surface area contributed by atoms with Crippen LogP contribution in [0.3, 0.4) is 0 Å². The van der Waals surface area contributed by atoms with E-state index in [0.29, 0.717) is 13.2 Å². The third kappa shape index (κ3) is 5.04. The minimum absolute atomic E-state index is 0.592. The molecule has 0 N–H and O–H groups in total. The second-order valence-electron chi connectivity index (χ2n) is 6.35. The van der Waals surface area contributed by atoms with Crippen LogP contribution < -0.4 is 4.74 Å². The molecule has 2 heterocycles. The highest BCUT2D eigenvalue weighted by atomic mass is 16.5. The van der Waals surface area contributed by atoms with Gasteiger partial charge < -0.3 is 9.47 Å². The van der Waals surface area contributed by atoms with Crippen molar-refractivity contribution in [1.82, 2.24) is 19.9 Å². The van der Waals surface area contributed by atoms with Crippen LogP contribution in [0.4, 0.5) is 0 Å². The number of hydrogen-bond acceptors (Lipinski definition) is 5. The monoisotopic (exact) mass is 330 g/mol. The summed E-state index contributed by atoms with van der Waals surface area (Å²) in [5.74, 6) is 0.917. The molecule has 1 aliphatic rings. The van der Waals surface area contributed by atoms with E-state index >= 15 is 0 Å². The van der Waals surface area contributed by atoms with Gasteiger partial charge in [0, 0.05) is 32.3 Å². The van der Waals surface area contributed by atoms with Crippen LogP contribution in [-0.2, 0) is 17.7 Å². The van der Waals surface area contributed by atoms with Gasteiger partial charge in [0.25, 0.3) is 0 Å². The van der Waals surface area contributed by atoms with Crippen molar-refractivity contribution < 1.29 is 9.47 Å². The zero-order valence-corrected chi connectivity index (χ0v) is 14.6. The Hall–Kier alpha value is -1.92. The molecular formula is C18H26N4O2. The van der Waals surface area contributed by atoms with Crippen molar-refractivity contribution >= 4 is 0 Å². The molecule has 6 nitrogen and oxygen atoms in total. The Kier molecular flexibility index (Phi) is 5.82. The lowest BCUT2D eigenvalue weighted by Gasteiger charge is -2.25. The van der Waals surface area contributed by atoms with E-state index in [-0.39, 0.29) is 0 Å². The standard InChI is InChI=1S/C18H26N4O2/c1-15-11-16(2)13-18(12-15)24-10-7-22-14-17(19-20-22)3-4-21-5-8-23-9-6-21/h11-14H,3-10H2,1-2H3. The van der Waals surface area contributed by atoms with E-state index in [1.807, 2.05) is 10.9 Å². The number of benzene rings is 1. The molecule has 2 aromatic rings. The fourth-order valence-electron chi connectivity index (χ4n) is 2.93. The molecule has 0 saturated carbocycles. The van der Waals surface area contributed by atoms with Crippen molar-refractivity contribution in [2.75, 3.05) is 39.5 Å². The van der Waals surface area contributed by atoms with Crippen molar-refractivity contribution in [3.05, 3.63) is 41.2 Å². The lowest BCUT2D eigenvalue weighted by molar-refractivity contribution is 0.0383. The van der Waals surface area contributed by atoms with E-state index < -0.39 is 0 Å². The van der Waals surface area contributed by atoms with E-state index in [2.05, 4.69) is 47.3 Å². The van der Waals surface area contributed by atoms with Crippen LogP contribution in [0.1, 0.15) is 16.8 Å². The number of ether oxygens (including phenoxy) is 2. The highest BCUT2D eigenvalue weighted by molar-refractivity contribution is 5.32. The Morgan fingerprint density at radius 1 is 1.08 bits per heavy atom. The van der Waals surface area contributed by atoms with Gasteiger partial charge in [0.05, 0.1) is 25.5 Å². The van der Waals surface area contributed by atoms with E-state index in [9.17, 15) is 0 Å². The summed E-state index contributed by atoms with van der Waals surface area (Å²) in [6, 6.07) is 6.26. The summed E-state index contributed by atoms with van der Waals surface area (Å²) in [5, 5.41) is 8.44. The predicted molar refractivity (Wildman–Crippen MR) is 92.4 cm³/mol. The second-order valence-corrected chi connectivity index (χ2v) is 6.35. The SMILES string of the molecule is Cc1cc(C)cc(OCCn2cc(CCN3CCOCC3)nn2)c1. The molecule has 0 unspecified atom stereocenters. The normalized spacial score (nSPS) is 15.6. The lowest BCUT2D eigenvalue weighted by atomic mass is 10.1. The third-order valence-electron chi connectivity index (χ3n) is 4.16. The van der Waals surface area contributed by atoms with E-state index in [0.717, 1.165) is 50.7 Å². The first kappa shape index (κ1) is 16.9. The van der Waals surface area contributed by atoms with Gasteiger partial charge in [-0.05, 0) is 37.1 Å². The van der Waals surface area contributed by atoms with Crippen LogP contribution in [0.5, 0.6) is 5.75 Å². The molecule has 3 rings (SSSR count). The molecule has 0 atom stereocenters. The van der Waals surface area contributed by atoms with Gasteiger partial charge in [0.15, 0.2) is 0 Å². The Morgan fingerprint density at radius 2 is 1.83 bits per heavy atom. The number of hydrogen-bond donors (Lipinski definition) is 0. The summed E-state index contributed by atoms with van der Waals surface area (Å²) in [4.78, 5) is 2.41. The molecule has 0 radical (unpaired) electrons. The molecule has 0 aliphatic carbocycles. The van der Waals surface area contributed by atoms with Gasteiger partial charge in [0.2, 0.25) is 0 Å². The summed E-state index contributed by atoms with van der Waals surface area (Å²) in [5.41, 5.74) is 3.47. The number of rotatable bonds is 7. The summed E-state index contributed by atoms with van der Waals surface area (Å²) in [7, 11) is 0. The number of nitrogens with zero attached hydrogens (tertiary/aromatic N) is 4. The summed E-state index contributed by atoms with van der Waals surface area (Å²) in [6.07, 6.45) is 2.95. The predicted octanol–water partition coefficient (Wildman–Crippen LogP) is 1.85. The van der Waals surface area contributed by atoms with Crippen molar-refractivity contribution in [1.29, 1.82) is 0 Å². The zero-order chi connectivity index (χ0) is 16.8. The molecule has 6 heteroatoms. The maximum absolute atomic E-state index is 5.83. The first-order chi connectivity index (χ1) is 11.7. The van der Waals surface area contributed by atoms with Gasteiger partial charge in [-0.2, -0.15) is 0 Å². The average molecular weight is 330 g/mol. The average Bonchev–Trinajstić information content (AvgIpc) is 3.01. The zero-order valence-electron chi connectivity index (χ0n) is 14.6. The van der Waals surface area contributed by atoms with Crippen LogP contribution in [-0.4, -0.2) is 59.3 Å². The molecule has 1 aromatic carbocycles. The maximum Gasteiger partial charge on any atom is 0.119 e. The fourth-order valence-corrected chi connectivity index (χ4v) is 2.93. The van der Waals surface area contributed by atoms with Crippen molar-refractivity contribution in [2.24, 2.45) is 0 Å². The molecule has 1 aromatic heterocycles. The maximum atomic E-state index is 5.83. The Morgan fingerprint density at radius 3 is 2.58 bits per heavy atom. The van der Waals surface area contributed by atoms with Crippen LogP contribution in [0, 0.1) is 13.8 Å². The highest BCUT2D eigenvalue weighted by Gasteiger charge is 2.11. The van der Waals surface area contributed by atoms with Gasteiger partial charge in [-0.3, -0.25) is 4.90 Å². The van der Waals surface area contributed by atoms with Crippen LogP contribution in [0.25, 0.3) is 0 Å². The van der Waals surface area contributed by atoms with Crippen molar-refractivity contribution in [2.45, 2.75) is 26.8 Å². The van der Waals surface area contributed by atoms with Gasteiger partial charge in [-0.25, -0.2) is 4.68 Å². The smallest absolute Gasteiger partial charge is 0.119 e. The number of aryl methyl sites for hydroxylation is 2. The van der Waals surface area contributed by atoms with Gasteiger partial charge >= 0.3 is 0 Å². The molecular weight excluding hydrogens is 304 g/mol. The minimum Gasteiger partial charge on any atom is -0.492 e. The van der Waals surface area contributed by atoms with E-state index in [4.69, 9.17) is 9.47 Å². The van der Waals surface area contributed by atoms with Gasteiger partial charge in [-0.15, -0.1) is 5.10 Å². The summed E-state index contributed by atoms with van der Waals surface area (Å²) < 4.78 is 13.0. The first-order valence-corrected chi connectivity index (χ1v) is 8.59. The van der Waals surface area contributed by atoms with Crippen LogP contribution >= 0.6 is 0 Å². The fraction of sp³-hybridized carbons (Fsp3) is 0.556. The Bertz CT molecular complexity index is 630. The molecule has 1 saturated heterocycles. The van der Waals surface area contributed by atoms with Gasteiger partial charge in [-0.1, -0.05) is 11.3 Å². The molecule has 0 bridgehead atoms. The van der Waals surface area contributed by atoms with Crippen molar-refractivity contribution in [3.63, 3.8) is 0 Å². The molecule has 24 heavy (non-hydrogen) atoms. The van der Waals surface area contributed by atoms with Crippen LogP contribution in [0.2, 0.25) is 0 Å². The minimum atomic E-state index is 0.592. The molecule has 1 aliphatic heterocycles. The number of aromatic nitrogens is 3.